The molecule has 116 valence electrons. The molecule has 1 N–H and O–H groups in total. The third kappa shape index (κ3) is 3.82. The van der Waals surface area contributed by atoms with Gasteiger partial charge in [-0.1, -0.05) is 18.2 Å². The van der Waals surface area contributed by atoms with Gasteiger partial charge in [0.2, 0.25) is 5.88 Å². The van der Waals surface area contributed by atoms with Gasteiger partial charge in [-0.05, 0) is 17.7 Å². The number of amides is 1. The maximum Gasteiger partial charge on any atom is 0.252 e. The Kier molecular flexibility index (Phi) is 4.77. The van der Waals surface area contributed by atoms with Crippen LogP contribution in [0.25, 0.3) is 0 Å². The summed E-state index contributed by atoms with van der Waals surface area (Å²) in [7, 11) is -1.94. The molecule has 0 bridgehead atoms. The number of methoxy groups -OCH3 is 1. The van der Waals surface area contributed by atoms with Gasteiger partial charge in [0.05, 0.1) is 17.6 Å². The van der Waals surface area contributed by atoms with Crippen molar-refractivity contribution in [3.63, 3.8) is 0 Å². The molecule has 22 heavy (non-hydrogen) atoms. The second-order valence-corrected chi connectivity index (χ2v) is 6.64. The van der Waals surface area contributed by atoms with E-state index in [0.717, 1.165) is 11.8 Å². The number of nitrogens with one attached hydrogen (secondary N) is 1. The minimum Gasteiger partial charge on any atom is -0.481 e. The molecule has 0 aliphatic rings. The van der Waals surface area contributed by atoms with Crippen molar-refractivity contribution in [1.29, 1.82) is 0 Å². The number of carbonyl (C=O) groups is 1. The number of hydrogen-bond donors (Lipinski definition) is 1. The van der Waals surface area contributed by atoms with E-state index in [9.17, 15) is 13.2 Å². The molecule has 0 atom stereocenters. The predicted molar refractivity (Wildman–Crippen MR) is 81.5 cm³/mol. The van der Waals surface area contributed by atoms with E-state index in [1.54, 1.807) is 30.5 Å². The lowest BCUT2D eigenvalue weighted by Gasteiger charge is -2.09. The Bertz CT molecular complexity index is 770. The fourth-order valence-electron chi connectivity index (χ4n) is 1.89. The number of benzene rings is 1. The summed E-state index contributed by atoms with van der Waals surface area (Å²) < 4.78 is 28.4. The minimum absolute atomic E-state index is 0.0142. The van der Waals surface area contributed by atoms with Crippen molar-refractivity contribution < 1.29 is 17.9 Å². The maximum atomic E-state index is 12.2. The van der Waals surface area contributed by atoms with E-state index in [0.29, 0.717) is 5.88 Å². The molecule has 0 spiro atoms. The summed E-state index contributed by atoms with van der Waals surface area (Å²) in [5.74, 6) is 0.0364. The van der Waals surface area contributed by atoms with Gasteiger partial charge in [0.25, 0.3) is 5.91 Å². The first-order chi connectivity index (χ1) is 10.4. The highest BCUT2D eigenvalue weighted by Gasteiger charge is 2.17. The molecule has 1 amide bonds. The number of pyridine rings is 1. The van der Waals surface area contributed by atoms with Crippen LogP contribution in [0, 0.1) is 0 Å². The standard InChI is InChI=1S/C15H16N2O4S/c1-21-14-8-7-11(9-16-14)10-17-15(18)12-5-3-4-6-13(12)22(2,19)20/h3-9H,10H2,1-2H3,(H,17,18). The Labute approximate surface area is 129 Å². The van der Waals surface area contributed by atoms with Crippen LogP contribution in [0.1, 0.15) is 15.9 Å². The molecule has 0 radical (unpaired) electrons. The molecule has 1 aromatic carbocycles. The highest BCUT2D eigenvalue weighted by Crippen LogP contribution is 2.15. The molecular formula is C15H16N2O4S. The van der Waals surface area contributed by atoms with Crippen LogP contribution in [-0.2, 0) is 16.4 Å². The lowest BCUT2D eigenvalue weighted by atomic mass is 10.2. The summed E-state index contributed by atoms with van der Waals surface area (Å²) >= 11 is 0. The van der Waals surface area contributed by atoms with Crippen LogP contribution in [0.5, 0.6) is 5.88 Å². The van der Waals surface area contributed by atoms with Gasteiger partial charge in [0.1, 0.15) is 0 Å². The van der Waals surface area contributed by atoms with Gasteiger partial charge >= 0.3 is 0 Å². The predicted octanol–water partition coefficient (Wildman–Crippen LogP) is 1.42. The first-order valence-corrected chi connectivity index (χ1v) is 8.37. The maximum absolute atomic E-state index is 12.2. The van der Waals surface area contributed by atoms with Crippen LogP contribution in [0.2, 0.25) is 0 Å². The van der Waals surface area contributed by atoms with E-state index < -0.39 is 15.7 Å². The highest BCUT2D eigenvalue weighted by atomic mass is 32.2. The molecule has 0 fully saturated rings. The van der Waals surface area contributed by atoms with Gasteiger partial charge in [0.15, 0.2) is 9.84 Å². The SMILES string of the molecule is COc1ccc(CNC(=O)c2ccccc2S(C)(=O)=O)cn1. The quantitative estimate of drug-likeness (QED) is 0.900. The lowest BCUT2D eigenvalue weighted by molar-refractivity contribution is 0.0947. The molecule has 1 heterocycles. The minimum atomic E-state index is -3.46. The van der Waals surface area contributed by atoms with E-state index in [-0.39, 0.29) is 17.0 Å². The van der Waals surface area contributed by atoms with E-state index in [1.165, 1.54) is 19.2 Å². The number of rotatable bonds is 5. The van der Waals surface area contributed by atoms with Gasteiger partial charge in [-0.3, -0.25) is 4.79 Å². The van der Waals surface area contributed by atoms with Crippen LogP contribution in [-0.4, -0.2) is 32.7 Å². The summed E-state index contributed by atoms with van der Waals surface area (Å²) in [6.45, 7) is 0.244. The largest absolute Gasteiger partial charge is 0.481 e. The Morgan fingerprint density at radius 3 is 2.55 bits per heavy atom. The highest BCUT2D eigenvalue weighted by molar-refractivity contribution is 7.90. The number of aromatic nitrogens is 1. The third-order valence-electron chi connectivity index (χ3n) is 2.99. The average Bonchev–Trinajstić information content (AvgIpc) is 2.52. The smallest absolute Gasteiger partial charge is 0.252 e. The molecule has 6 nitrogen and oxygen atoms in total. The van der Waals surface area contributed by atoms with Gasteiger partial charge in [-0.15, -0.1) is 0 Å². The second kappa shape index (κ2) is 6.57. The summed E-state index contributed by atoms with van der Waals surface area (Å²) in [4.78, 5) is 16.2. The molecular weight excluding hydrogens is 304 g/mol. The molecule has 0 saturated carbocycles. The molecule has 2 aromatic rings. The zero-order valence-corrected chi connectivity index (χ0v) is 13.1. The number of ether oxygens (including phenoxy) is 1. The molecule has 1 aromatic heterocycles. The van der Waals surface area contributed by atoms with Crippen molar-refractivity contribution in [2.45, 2.75) is 11.4 Å². The monoisotopic (exact) mass is 320 g/mol. The van der Waals surface area contributed by atoms with Crippen molar-refractivity contribution in [3.05, 3.63) is 53.7 Å². The first-order valence-electron chi connectivity index (χ1n) is 6.48. The first kappa shape index (κ1) is 16.0. The van der Waals surface area contributed by atoms with Crippen molar-refractivity contribution in [3.8, 4) is 5.88 Å². The second-order valence-electron chi connectivity index (χ2n) is 4.66. The van der Waals surface area contributed by atoms with E-state index in [4.69, 9.17) is 4.74 Å². The number of carbonyl (C=O) groups excluding carboxylic acids is 1. The van der Waals surface area contributed by atoms with Crippen molar-refractivity contribution in [2.24, 2.45) is 0 Å². The normalized spacial score (nSPS) is 11.0. The lowest BCUT2D eigenvalue weighted by Crippen LogP contribution is -2.24. The molecule has 2 rings (SSSR count). The summed E-state index contributed by atoms with van der Waals surface area (Å²) in [5, 5.41) is 2.68. The number of sulfone groups is 1. The van der Waals surface area contributed by atoms with Crippen LogP contribution in [0.15, 0.2) is 47.5 Å². The third-order valence-corrected chi connectivity index (χ3v) is 4.15. The van der Waals surface area contributed by atoms with Crippen LogP contribution >= 0.6 is 0 Å². The Balaban J connectivity index is 2.13. The Morgan fingerprint density at radius 2 is 1.95 bits per heavy atom. The number of hydrogen-bond acceptors (Lipinski definition) is 5. The summed E-state index contributed by atoms with van der Waals surface area (Å²) in [5.41, 5.74) is 0.914. The topological polar surface area (TPSA) is 85.4 Å². The van der Waals surface area contributed by atoms with E-state index >= 15 is 0 Å². The van der Waals surface area contributed by atoms with Crippen LogP contribution < -0.4 is 10.1 Å². The fraction of sp³-hybridized carbons (Fsp3) is 0.200. The molecule has 7 heteroatoms. The zero-order valence-electron chi connectivity index (χ0n) is 12.2. The molecule has 0 aliphatic carbocycles. The van der Waals surface area contributed by atoms with E-state index in [1.807, 2.05) is 0 Å². The fourth-order valence-corrected chi connectivity index (χ4v) is 2.78. The zero-order chi connectivity index (χ0) is 16.2. The van der Waals surface area contributed by atoms with Crippen LogP contribution in [0.3, 0.4) is 0 Å². The average molecular weight is 320 g/mol. The Hall–Kier alpha value is -2.41. The Morgan fingerprint density at radius 1 is 1.23 bits per heavy atom. The van der Waals surface area contributed by atoms with Crippen molar-refractivity contribution >= 4 is 15.7 Å². The summed E-state index contributed by atoms with van der Waals surface area (Å²) in [6.07, 6.45) is 2.66. The van der Waals surface area contributed by atoms with E-state index in [2.05, 4.69) is 10.3 Å². The van der Waals surface area contributed by atoms with Gasteiger partial charge in [0, 0.05) is 25.1 Å². The number of nitrogens with zero attached hydrogens (tertiary/aromatic N) is 1. The van der Waals surface area contributed by atoms with Crippen molar-refractivity contribution in [2.75, 3.05) is 13.4 Å². The van der Waals surface area contributed by atoms with Crippen molar-refractivity contribution in [1.82, 2.24) is 10.3 Å². The summed E-state index contributed by atoms with van der Waals surface area (Å²) in [6, 6.07) is 9.57. The van der Waals surface area contributed by atoms with Gasteiger partial charge < -0.3 is 10.1 Å². The molecule has 0 unspecified atom stereocenters. The molecule has 0 saturated heterocycles. The van der Waals surface area contributed by atoms with Gasteiger partial charge in [-0.2, -0.15) is 0 Å². The van der Waals surface area contributed by atoms with Crippen LogP contribution in [0.4, 0.5) is 0 Å². The van der Waals surface area contributed by atoms with Gasteiger partial charge in [-0.25, -0.2) is 13.4 Å². The molecule has 0 aliphatic heterocycles.